The number of nitrogens with one attached hydrogen (secondary N) is 9. The Labute approximate surface area is 490 Å². The van der Waals surface area contributed by atoms with E-state index in [1.807, 2.05) is 42.5 Å². The van der Waals surface area contributed by atoms with E-state index in [9.17, 15) is 48.6 Å². The summed E-state index contributed by atoms with van der Waals surface area (Å²) in [7, 11) is 0. The number of carboxylic acid groups (broad SMARTS) is 1. The number of amides is 8. The van der Waals surface area contributed by atoms with Crippen molar-refractivity contribution in [2.45, 2.75) is 106 Å². The Bertz CT molecular complexity index is 3200. The van der Waals surface area contributed by atoms with Gasteiger partial charge >= 0.3 is 5.97 Å². The molecule has 0 fully saturated rings. The van der Waals surface area contributed by atoms with E-state index in [0.29, 0.717) is 28.7 Å². The Hall–Kier alpha value is -8.23. The van der Waals surface area contributed by atoms with Crippen molar-refractivity contribution in [3.63, 3.8) is 0 Å². The number of aromatic nitrogens is 2. The lowest BCUT2D eigenvalue weighted by Gasteiger charge is -2.29. The molecule has 0 bridgehead atoms. The van der Waals surface area contributed by atoms with Crippen LogP contribution >= 0.6 is 25.3 Å². The number of carboxylic acids is 1. The van der Waals surface area contributed by atoms with Gasteiger partial charge in [0.25, 0.3) is 0 Å². The minimum absolute atomic E-state index is 0.0165. The number of aromatic amines is 2. The van der Waals surface area contributed by atoms with Crippen LogP contribution in [0.1, 0.15) is 48.4 Å². The van der Waals surface area contributed by atoms with Crippen LogP contribution in [0.5, 0.6) is 0 Å². The van der Waals surface area contributed by atoms with Gasteiger partial charge < -0.3 is 74.6 Å². The first-order chi connectivity index (χ1) is 39.8. The summed E-state index contributed by atoms with van der Waals surface area (Å²) in [5, 5.41) is 40.8. The van der Waals surface area contributed by atoms with Gasteiger partial charge in [-0.1, -0.05) is 97.1 Å². The van der Waals surface area contributed by atoms with Crippen molar-refractivity contribution in [2.75, 3.05) is 18.1 Å². The average molecular weight is 1180 g/mol. The van der Waals surface area contributed by atoms with Crippen molar-refractivity contribution >= 4 is 100 Å². The van der Waals surface area contributed by atoms with Crippen LogP contribution in [0.4, 0.5) is 0 Å². The van der Waals surface area contributed by atoms with Crippen molar-refractivity contribution in [1.82, 2.24) is 47.2 Å². The normalized spacial score (nSPS) is 14.9. The van der Waals surface area contributed by atoms with Crippen LogP contribution in [0, 0.1) is 5.92 Å². The van der Waals surface area contributed by atoms with Gasteiger partial charge in [-0.3, -0.25) is 43.2 Å². The minimum atomic E-state index is -1.78. The number of hydrogen-bond donors (Lipinski definition) is 16. The first-order valence-corrected chi connectivity index (χ1v) is 28.3. The fraction of sp³-hybridized carbons (Fsp3) is 0.362. The van der Waals surface area contributed by atoms with Gasteiger partial charge in [0.1, 0.15) is 42.3 Å². The van der Waals surface area contributed by atoms with Crippen LogP contribution in [-0.4, -0.2) is 146 Å². The van der Waals surface area contributed by atoms with Gasteiger partial charge in [0.15, 0.2) is 0 Å². The number of primary amides is 1. The molecule has 0 saturated carbocycles. The molecule has 83 heavy (non-hydrogen) atoms. The van der Waals surface area contributed by atoms with E-state index in [0.717, 1.165) is 21.8 Å². The molecule has 10 atom stereocenters. The van der Waals surface area contributed by atoms with Gasteiger partial charge in [0.2, 0.25) is 47.3 Å². The third kappa shape index (κ3) is 18.1. The third-order valence-electron chi connectivity index (χ3n) is 14.0. The molecule has 0 radical (unpaired) electrons. The topological polar surface area (TPSA) is 388 Å². The summed E-state index contributed by atoms with van der Waals surface area (Å²) >= 11 is 8.18. The Morgan fingerprint density at radius 1 is 0.506 bits per heavy atom. The Morgan fingerprint density at radius 3 is 1.34 bits per heavy atom. The smallest absolute Gasteiger partial charge is 0.309 e. The molecule has 0 aliphatic heterocycles. The van der Waals surface area contributed by atoms with E-state index in [2.05, 4.69) is 72.4 Å². The van der Waals surface area contributed by atoms with Crippen molar-refractivity contribution in [1.29, 1.82) is 0 Å². The first kappa shape index (κ1) is 63.9. The summed E-state index contributed by atoms with van der Waals surface area (Å²) in [5.41, 5.74) is 21.3. The second-order valence-electron chi connectivity index (χ2n) is 20.1. The van der Waals surface area contributed by atoms with Crippen molar-refractivity contribution in [2.24, 2.45) is 23.1 Å². The summed E-state index contributed by atoms with van der Waals surface area (Å²) < 4.78 is 0. The number of carbonyl (C=O) groups is 9. The molecule has 17 N–H and O–H groups in total. The van der Waals surface area contributed by atoms with Gasteiger partial charge in [-0.2, -0.15) is 25.3 Å². The van der Waals surface area contributed by atoms with Gasteiger partial charge in [-0.05, 0) is 67.1 Å². The van der Waals surface area contributed by atoms with Crippen molar-refractivity contribution < 1.29 is 53.4 Å². The number of hydrogen-bond acceptors (Lipinski definition) is 14. The van der Waals surface area contributed by atoms with Gasteiger partial charge in [-0.25, -0.2) is 0 Å². The number of H-pyrrole nitrogens is 2. The monoisotopic (exact) mass is 1180 g/mol. The number of carbonyl (C=O) groups excluding carboxylic acids is 8. The minimum Gasteiger partial charge on any atom is -0.481 e. The number of para-hydroxylation sites is 2. The average Bonchev–Trinajstić information content (AvgIpc) is 4.19. The maximum absolute atomic E-state index is 15.1. The third-order valence-corrected chi connectivity index (χ3v) is 14.8. The highest BCUT2D eigenvalue weighted by atomic mass is 32.1. The molecular weight excluding hydrogens is 1100 g/mol. The number of thiol groups is 2. The molecule has 0 saturated heterocycles. The van der Waals surface area contributed by atoms with Crippen LogP contribution in [0.3, 0.4) is 0 Å². The van der Waals surface area contributed by atoms with E-state index in [1.165, 1.54) is 6.92 Å². The number of aliphatic hydroxyl groups excluding tert-OH is 1. The van der Waals surface area contributed by atoms with E-state index in [1.54, 1.807) is 79.1 Å². The maximum Gasteiger partial charge on any atom is 0.309 e. The number of benzene rings is 4. The molecule has 0 aliphatic carbocycles. The number of aliphatic carboxylic acids is 1. The Morgan fingerprint density at radius 2 is 0.904 bits per heavy atom. The van der Waals surface area contributed by atoms with E-state index >= 15 is 4.79 Å². The van der Waals surface area contributed by atoms with Crippen LogP contribution in [0.25, 0.3) is 21.8 Å². The summed E-state index contributed by atoms with van der Waals surface area (Å²) in [5.74, 6) is -10.7. The zero-order valence-corrected chi connectivity index (χ0v) is 47.4. The molecule has 6 aromatic rings. The molecule has 2 aromatic heterocycles. The predicted octanol–water partition coefficient (Wildman–Crippen LogP) is 0.196. The largest absolute Gasteiger partial charge is 0.481 e. The molecule has 6 rings (SSSR count). The standard InChI is InChI=1S/C58H72N12O11S2/c1-32(71)48(57(79)68-45(25-34-16-6-3-7-17-34)56(78)70-49(50(61)72)39(30-82)58(80)81)69-52(74)43(22-12-13-23-59)64-54(76)46(26-35-28-62-41-20-10-8-18-37(35)41)67-55(77)47(27-36-29-63-42-21-11-9-19-38(36)42)66-53(75)44(65-51(73)40(60)31-83)24-33-14-4-2-5-15-33/h2-11,14-21,28-29,32,39-40,43-49,62-63,71,82-83H,12-13,22-27,30-31,59-60H2,1H3,(H2,61,72)(H,64,76)(H,65,73)(H,66,75)(H,67,77)(H,68,79)(H,69,74)(H,70,78)(H,80,81)/t32-,39+,40+,43+,44+,45+,46-,47+,48+,49?/m1/s1. The van der Waals surface area contributed by atoms with Crippen LogP contribution < -0.4 is 54.4 Å². The molecule has 442 valence electrons. The van der Waals surface area contributed by atoms with E-state index in [-0.39, 0.29) is 56.6 Å². The quantitative estimate of drug-likeness (QED) is 0.0199. The molecule has 8 amide bonds. The molecule has 2 heterocycles. The summed E-state index contributed by atoms with van der Waals surface area (Å²) in [6, 6.07) is 20.2. The molecule has 0 spiro atoms. The molecule has 0 aliphatic rings. The fourth-order valence-corrected chi connectivity index (χ4v) is 9.92. The second-order valence-corrected chi connectivity index (χ2v) is 20.9. The second kappa shape index (κ2) is 31.3. The lowest BCUT2D eigenvalue weighted by Crippen LogP contribution is -2.62. The highest BCUT2D eigenvalue weighted by molar-refractivity contribution is 7.80. The highest BCUT2D eigenvalue weighted by Gasteiger charge is 2.38. The summed E-state index contributed by atoms with van der Waals surface area (Å²) in [6.07, 6.45) is 1.94. The lowest BCUT2D eigenvalue weighted by molar-refractivity contribution is -0.145. The molecule has 4 aromatic carbocycles. The predicted molar refractivity (Wildman–Crippen MR) is 318 cm³/mol. The van der Waals surface area contributed by atoms with Crippen LogP contribution in [-0.2, 0) is 68.8 Å². The number of unbranched alkanes of at least 4 members (excludes halogenated alkanes) is 1. The number of nitrogens with two attached hydrogens (primary N) is 3. The van der Waals surface area contributed by atoms with Crippen molar-refractivity contribution in [3.8, 4) is 0 Å². The van der Waals surface area contributed by atoms with Gasteiger partial charge in [0.05, 0.1) is 18.1 Å². The first-order valence-electron chi connectivity index (χ1n) is 27.0. The molecule has 25 heteroatoms. The van der Waals surface area contributed by atoms with E-state index in [4.69, 9.17) is 17.2 Å². The fourth-order valence-electron chi connectivity index (χ4n) is 9.39. The number of rotatable bonds is 32. The van der Waals surface area contributed by atoms with Gasteiger partial charge in [0, 0.05) is 71.4 Å². The summed E-state index contributed by atoms with van der Waals surface area (Å²) in [6.45, 7) is 1.42. The highest BCUT2D eigenvalue weighted by Crippen LogP contribution is 2.22. The van der Waals surface area contributed by atoms with Gasteiger partial charge in [-0.15, -0.1) is 0 Å². The number of aliphatic hydroxyl groups is 1. The lowest BCUT2D eigenvalue weighted by atomic mass is 9.99. The van der Waals surface area contributed by atoms with Crippen LogP contribution in [0.2, 0.25) is 0 Å². The Balaban J connectivity index is 1.31. The molecule has 23 nitrogen and oxygen atoms in total. The van der Waals surface area contributed by atoms with Crippen LogP contribution in [0.15, 0.2) is 122 Å². The van der Waals surface area contributed by atoms with Crippen molar-refractivity contribution in [3.05, 3.63) is 144 Å². The number of fused-ring (bicyclic) bond motifs is 2. The maximum atomic E-state index is 15.1. The van der Waals surface area contributed by atoms with E-state index < -0.39 is 114 Å². The zero-order valence-electron chi connectivity index (χ0n) is 45.6. The Kier molecular flexibility index (Phi) is 24.1. The SMILES string of the molecule is C[C@@H](O)[C@H](NC(=O)[C@H](CCCCN)NC(=O)[C@@H](Cc1c[nH]c2ccccc12)NC(=O)[C@H](Cc1c[nH]c2ccccc12)NC(=O)[C@H](Cc1ccccc1)NC(=O)[C@@H](N)CS)C(=O)N[C@@H](Cc1ccccc1)C(=O)NC(C(N)=O)[C@H](CS)C(=O)O. The summed E-state index contributed by atoms with van der Waals surface area (Å²) in [4.78, 5) is 131. The molecular formula is C58H72N12O11S2. The molecule has 1 unspecified atom stereocenters. The zero-order chi connectivity index (χ0) is 60.2.